The maximum Gasteiger partial charge on any atom is 0.255 e. The number of primary amides is 1. The summed E-state index contributed by atoms with van der Waals surface area (Å²) in [5.74, 6) is -1.43. The number of fused-ring (bicyclic) bond motifs is 1. The minimum atomic E-state index is -0.665. The molecule has 1 aromatic rings. The number of anilines is 1. The molecule has 1 saturated heterocycles. The van der Waals surface area contributed by atoms with Gasteiger partial charge in [0, 0.05) is 29.8 Å². The maximum absolute atomic E-state index is 12.8. The number of imide groups is 1. The summed E-state index contributed by atoms with van der Waals surface area (Å²) in [5.41, 5.74) is 7.49. The number of unbranched alkanes of at least 4 members (excludes halogenated alkanes) is 2. The molecule has 28 heavy (non-hydrogen) atoms. The Hall–Kier alpha value is -2.90. The lowest BCUT2D eigenvalue weighted by Crippen LogP contribution is -2.52. The summed E-state index contributed by atoms with van der Waals surface area (Å²) >= 11 is 0. The normalized spacial score (nSPS) is 20.0. The van der Waals surface area contributed by atoms with Crippen molar-refractivity contribution in [1.29, 1.82) is 0 Å². The number of nitrogens with zero attached hydrogens (tertiary/aromatic N) is 1. The van der Waals surface area contributed by atoms with Crippen LogP contribution in [0.3, 0.4) is 0 Å². The summed E-state index contributed by atoms with van der Waals surface area (Å²) in [7, 11) is 0. The van der Waals surface area contributed by atoms with Gasteiger partial charge in [0.05, 0.1) is 0 Å². The molecule has 0 radical (unpaired) electrons. The van der Waals surface area contributed by atoms with E-state index < -0.39 is 23.9 Å². The Morgan fingerprint density at radius 1 is 1.32 bits per heavy atom. The van der Waals surface area contributed by atoms with Crippen molar-refractivity contribution in [1.82, 2.24) is 10.2 Å². The first-order chi connectivity index (χ1) is 13.4. The van der Waals surface area contributed by atoms with Crippen molar-refractivity contribution in [2.45, 2.75) is 64.1 Å². The zero-order chi connectivity index (χ0) is 20.3. The van der Waals surface area contributed by atoms with E-state index in [4.69, 9.17) is 5.73 Å². The van der Waals surface area contributed by atoms with Crippen LogP contribution in [0.25, 0.3) is 0 Å². The average Bonchev–Trinajstić information content (AvgIpc) is 2.98. The van der Waals surface area contributed by atoms with Crippen molar-refractivity contribution in [2.24, 2.45) is 5.73 Å². The third kappa shape index (κ3) is 4.00. The second-order valence-corrected chi connectivity index (χ2v) is 7.33. The van der Waals surface area contributed by atoms with Gasteiger partial charge < -0.3 is 16.0 Å². The predicted octanol–water partition coefficient (Wildman–Crippen LogP) is 1.29. The molecule has 2 aliphatic heterocycles. The van der Waals surface area contributed by atoms with Gasteiger partial charge in [0.25, 0.3) is 5.91 Å². The highest BCUT2D eigenvalue weighted by molar-refractivity contribution is 6.06. The first-order valence-electron chi connectivity index (χ1n) is 9.74. The molecule has 2 atom stereocenters. The van der Waals surface area contributed by atoms with Crippen molar-refractivity contribution in [3.63, 3.8) is 0 Å². The number of benzene rings is 1. The molecule has 0 aliphatic carbocycles. The number of amides is 4. The van der Waals surface area contributed by atoms with Crippen LogP contribution in [0, 0.1) is 0 Å². The van der Waals surface area contributed by atoms with Gasteiger partial charge in [0.1, 0.15) is 12.1 Å². The second kappa shape index (κ2) is 8.41. The van der Waals surface area contributed by atoms with Gasteiger partial charge in [-0.25, -0.2) is 0 Å². The standard InChI is InChI=1S/C20H26N4O4/c1-2-3-4-7-15(18(21)26)22-14-8-5-6-12-13(14)11-24(20(12)28)16-9-10-17(25)23-19(16)27/h5-6,8,15-16,22H,2-4,7,9-11H2,1H3,(H2,21,26)(H,23,25,27). The van der Waals surface area contributed by atoms with Crippen LogP contribution < -0.4 is 16.4 Å². The molecule has 2 aliphatic rings. The van der Waals surface area contributed by atoms with Crippen LogP contribution in [0.5, 0.6) is 0 Å². The number of hydrogen-bond acceptors (Lipinski definition) is 5. The number of rotatable bonds is 8. The first kappa shape index (κ1) is 19.9. The summed E-state index contributed by atoms with van der Waals surface area (Å²) in [6.45, 7) is 2.34. The van der Waals surface area contributed by atoms with Crippen molar-refractivity contribution in [3.05, 3.63) is 29.3 Å². The van der Waals surface area contributed by atoms with Gasteiger partial charge in [-0.2, -0.15) is 0 Å². The third-order valence-electron chi connectivity index (χ3n) is 5.35. The number of carbonyl (C=O) groups is 4. The van der Waals surface area contributed by atoms with Crippen LogP contribution in [0.4, 0.5) is 5.69 Å². The summed E-state index contributed by atoms with van der Waals surface area (Å²) in [6.07, 6.45) is 4.09. The Morgan fingerprint density at radius 3 is 2.79 bits per heavy atom. The van der Waals surface area contributed by atoms with Crippen molar-refractivity contribution >= 4 is 29.3 Å². The van der Waals surface area contributed by atoms with Gasteiger partial charge in [-0.1, -0.05) is 32.3 Å². The Morgan fingerprint density at radius 2 is 2.11 bits per heavy atom. The van der Waals surface area contributed by atoms with Crippen LogP contribution in [-0.4, -0.2) is 40.6 Å². The molecule has 0 aromatic heterocycles. The molecular weight excluding hydrogens is 360 g/mol. The highest BCUT2D eigenvalue weighted by Crippen LogP contribution is 2.32. The average molecular weight is 386 g/mol. The number of hydrogen-bond donors (Lipinski definition) is 3. The molecule has 0 saturated carbocycles. The van der Waals surface area contributed by atoms with E-state index in [1.165, 1.54) is 4.90 Å². The smallest absolute Gasteiger partial charge is 0.255 e. The Labute approximate surface area is 163 Å². The Kier molecular flexibility index (Phi) is 5.96. The number of nitrogens with two attached hydrogens (primary N) is 1. The van der Waals surface area contributed by atoms with Gasteiger partial charge >= 0.3 is 0 Å². The van der Waals surface area contributed by atoms with Crippen molar-refractivity contribution < 1.29 is 19.2 Å². The minimum Gasteiger partial charge on any atom is -0.373 e. The lowest BCUT2D eigenvalue weighted by atomic mass is 10.0. The SMILES string of the molecule is CCCCCC(Nc1cccc2c1CN(C1CCC(=O)NC1=O)C2=O)C(N)=O. The van der Waals surface area contributed by atoms with E-state index in [0.717, 1.165) is 24.8 Å². The van der Waals surface area contributed by atoms with Crippen LogP contribution >= 0.6 is 0 Å². The van der Waals surface area contributed by atoms with E-state index in [-0.39, 0.29) is 24.8 Å². The van der Waals surface area contributed by atoms with Crippen molar-refractivity contribution in [3.8, 4) is 0 Å². The zero-order valence-corrected chi connectivity index (χ0v) is 16.0. The highest BCUT2D eigenvalue weighted by atomic mass is 16.2. The summed E-state index contributed by atoms with van der Waals surface area (Å²) in [4.78, 5) is 49.8. The van der Waals surface area contributed by atoms with Crippen LogP contribution in [0.2, 0.25) is 0 Å². The predicted molar refractivity (Wildman–Crippen MR) is 103 cm³/mol. The molecule has 1 fully saturated rings. The minimum absolute atomic E-state index is 0.211. The van der Waals surface area contributed by atoms with E-state index >= 15 is 0 Å². The Balaban J connectivity index is 1.79. The molecule has 2 heterocycles. The fourth-order valence-electron chi connectivity index (χ4n) is 3.79. The van der Waals surface area contributed by atoms with Crippen LogP contribution in [-0.2, 0) is 20.9 Å². The third-order valence-corrected chi connectivity index (χ3v) is 5.35. The van der Waals surface area contributed by atoms with Crippen molar-refractivity contribution in [2.75, 3.05) is 5.32 Å². The summed E-state index contributed by atoms with van der Waals surface area (Å²) in [6, 6.07) is 4.10. The summed E-state index contributed by atoms with van der Waals surface area (Å²) < 4.78 is 0. The molecule has 1 aromatic carbocycles. The van der Waals surface area contributed by atoms with E-state index in [0.29, 0.717) is 24.1 Å². The first-order valence-corrected chi connectivity index (χ1v) is 9.74. The molecular formula is C20H26N4O4. The number of carbonyl (C=O) groups excluding carboxylic acids is 4. The highest BCUT2D eigenvalue weighted by Gasteiger charge is 2.40. The molecule has 3 rings (SSSR count). The molecule has 0 bridgehead atoms. The quantitative estimate of drug-likeness (QED) is 0.459. The largest absolute Gasteiger partial charge is 0.373 e. The molecule has 0 spiro atoms. The maximum atomic E-state index is 12.8. The van der Waals surface area contributed by atoms with Gasteiger partial charge in [-0.15, -0.1) is 0 Å². The number of nitrogens with one attached hydrogen (secondary N) is 2. The van der Waals surface area contributed by atoms with Crippen LogP contribution in [0.1, 0.15) is 61.4 Å². The van der Waals surface area contributed by atoms with E-state index in [1.807, 2.05) is 6.07 Å². The second-order valence-electron chi connectivity index (χ2n) is 7.33. The number of piperidine rings is 1. The van der Waals surface area contributed by atoms with Crippen LogP contribution in [0.15, 0.2) is 18.2 Å². The van der Waals surface area contributed by atoms with Gasteiger partial charge in [0.2, 0.25) is 17.7 Å². The Bertz CT molecular complexity index is 807. The monoisotopic (exact) mass is 386 g/mol. The fraction of sp³-hybridized carbons (Fsp3) is 0.500. The molecule has 150 valence electrons. The lowest BCUT2D eigenvalue weighted by Gasteiger charge is -2.29. The van der Waals surface area contributed by atoms with E-state index in [9.17, 15) is 19.2 Å². The topological polar surface area (TPSA) is 122 Å². The fourth-order valence-corrected chi connectivity index (χ4v) is 3.79. The molecule has 4 N–H and O–H groups in total. The van der Waals surface area contributed by atoms with Gasteiger partial charge in [0.15, 0.2) is 0 Å². The van der Waals surface area contributed by atoms with E-state index in [1.54, 1.807) is 12.1 Å². The van der Waals surface area contributed by atoms with E-state index in [2.05, 4.69) is 17.6 Å². The molecule has 8 nitrogen and oxygen atoms in total. The molecule has 4 amide bonds. The van der Waals surface area contributed by atoms with Gasteiger partial charge in [-0.3, -0.25) is 24.5 Å². The zero-order valence-electron chi connectivity index (χ0n) is 16.0. The molecule has 8 heteroatoms. The molecule has 2 unspecified atom stereocenters. The van der Waals surface area contributed by atoms with Gasteiger partial charge in [-0.05, 0) is 25.0 Å². The summed E-state index contributed by atoms with van der Waals surface area (Å²) in [5, 5.41) is 5.49. The lowest BCUT2D eigenvalue weighted by molar-refractivity contribution is -0.137.